The molecule has 0 spiro atoms. The van der Waals surface area contributed by atoms with Gasteiger partial charge in [0, 0.05) is 12.4 Å². The summed E-state index contributed by atoms with van der Waals surface area (Å²) in [5, 5.41) is 3.38. The van der Waals surface area contributed by atoms with E-state index in [4.69, 9.17) is 0 Å². The summed E-state index contributed by atoms with van der Waals surface area (Å²) >= 11 is 0. The molecule has 1 fully saturated rings. The zero-order chi connectivity index (χ0) is 12.4. The van der Waals surface area contributed by atoms with Gasteiger partial charge in [-0.05, 0) is 49.5 Å². The summed E-state index contributed by atoms with van der Waals surface area (Å²) in [6, 6.07) is 8.33. The number of hydrogen-bond donors (Lipinski definition) is 2. The standard InChI is InChI=1S/C14H17N3O/c18-14-16-9-10-17(14)13-3-1-11(2-4-13)12-5-7-15-8-6-12/h1-4,9-10,12,15H,5-8H2,(H,16,18). The van der Waals surface area contributed by atoms with Crippen molar-refractivity contribution in [2.75, 3.05) is 13.1 Å². The third kappa shape index (κ3) is 2.11. The van der Waals surface area contributed by atoms with Gasteiger partial charge in [-0.1, -0.05) is 12.1 Å². The highest BCUT2D eigenvalue weighted by atomic mass is 16.1. The second-order valence-corrected chi connectivity index (χ2v) is 4.75. The molecular formula is C14H17N3O. The average Bonchev–Trinajstić information content (AvgIpc) is 2.86. The quantitative estimate of drug-likeness (QED) is 0.842. The largest absolute Gasteiger partial charge is 0.330 e. The van der Waals surface area contributed by atoms with Crippen LogP contribution in [0.1, 0.15) is 24.3 Å². The molecular weight excluding hydrogens is 226 g/mol. The smallest absolute Gasteiger partial charge is 0.317 e. The fourth-order valence-electron chi connectivity index (χ4n) is 2.59. The van der Waals surface area contributed by atoms with E-state index in [1.54, 1.807) is 17.0 Å². The molecule has 2 aromatic rings. The molecule has 1 aliphatic rings. The minimum Gasteiger partial charge on any atom is -0.317 e. The maximum Gasteiger partial charge on any atom is 0.330 e. The molecule has 1 aromatic heterocycles. The van der Waals surface area contributed by atoms with Crippen molar-refractivity contribution in [3.05, 3.63) is 52.7 Å². The lowest BCUT2D eigenvalue weighted by Crippen LogP contribution is -2.26. The van der Waals surface area contributed by atoms with E-state index in [9.17, 15) is 4.79 Å². The van der Waals surface area contributed by atoms with Crippen LogP contribution < -0.4 is 11.0 Å². The Hall–Kier alpha value is -1.81. The SMILES string of the molecule is O=c1[nH]ccn1-c1ccc(C2CCNCC2)cc1. The summed E-state index contributed by atoms with van der Waals surface area (Å²) in [7, 11) is 0. The van der Waals surface area contributed by atoms with Gasteiger partial charge >= 0.3 is 5.69 Å². The van der Waals surface area contributed by atoms with Crippen LogP contribution in [0.25, 0.3) is 5.69 Å². The summed E-state index contributed by atoms with van der Waals surface area (Å²) in [5.74, 6) is 0.656. The second-order valence-electron chi connectivity index (χ2n) is 4.75. The Morgan fingerprint density at radius 1 is 1.11 bits per heavy atom. The fraction of sp³-hybridized carbons (Fsp3) is 0.357. The Labute approximate surface area is 106 Å². The number of piperidine rings is 1. The number of nitrogens with zero attached hydrogens (tertiary/aromatic N) is 1. The summed E-state index contributed by atoms with van der Waals surface area (Å²) in [5.41, 5.74) is 2.20. The van der Waals surface area contributed by atoms with Crippen molar-refractivity contribution in [1.29, 1.82) is 0 Å². The molecule has 2 heterocycles. The first-order valence-corrected chi connectivity index (χ1v) is 6.42. The van der Waals surface area contributed by atoms with Crippen molar-refractivity contribution in [2.45, 2.75) is 18.8 Å². The van der Waals surface area contributed by atoms with Crippen molar-refractivity contribution in [1.82, 2.24) is 14.9 Å². The molecule has 1 saturated heterocycles. The number of hydrogen-bond acceptors (Lipinski definition) is 2. The van der Waals surface area contributed by atoms with Gasteiger partial charge in [-0.2, -0.15) is 0 Å². The van der Waals surface area contributed by atoms with Crippen molar-refractivity contribution in [3.63, 3.8) is 0 Å². The van der Waals surface area contributed by atoms with Crippen LogP contribution >= 0.6 is 0 Å². The monoisotopic (exact) mass is 243 g/mol. The van der Waals surface area contributed by atoms with E-state index in [0.29, 0.717) is 5.92 Å². The Kier molecular flexibility index (Phi) is 3.02. The Morgan fingerprint density at radius 3 is 2.44 bits per heavy atom. The summed E-state index contributed by atoms with van der Waals surface area (Å²) in [4.78, 5) is 14.1. The molecule has 1 aliphatic heterocycles. The molecule has 94 valence electrons. The van der Waals surface area contributed by atoms with E-state index in [1.165, 1.54) is 18.4 Å². The zero-order valence-electron chi connectivity index (χ0n) is 10.2. The van der Waals surface area contributed by atoms with Crippen LogP contribution in [0.15, 0.2) is 41.5 Å². The van der Waals surface area contributed by atoms with E-state index in [2.05, 4.69) is 22.4 Å². The van der Waals surface area contributed by atoms with Crippen LogP contribution in [0.5, 0.6) is 0 Å². The Balaban J connectivity index is 1.85. The lowest BCUT2D eigenvalue weighted by molar-refractivity contribution is 0.460. The average molecular weight is 243 g/mol. The number of aromatic amines is 1. The Morgan fingerprint density at radius 2 is 1.83 bits per heavy atom. The second kappa shape index (κ2) is 4.82. The predicted octanol–water partition coefficient (Wildman–Crippen LogP) is 1.63. The summed E-state index contributed by atoms with van der Waals surface area (Å²) < 4.78 is 1.62. The molecule has 0 saturated carbocycles. The number of imidazole rings is 1. The molecule has 0 bridgehead atoms. The summed E-state index contributed by atoms with van der Waals surface area (Å²) in [6.45, 7) is 2.20. The maximum atomic E-state index is 11.5. The van der Waals surface area contributed by atoms with Gasteiger partial charge in [0.05, 0.1) is 5.69 Å². The highest BCUT2D eigenvalue weighted by molar-refractivity contribution is 5.36. The van der Waals surface area contributed by atoms with E-state index in [1.807, 2.05) is 12.1 Å². The van der Waals surface area contributed by atoms with E-state index < -0.39 is 0 Å². The van der Waals surface area contributed by atoms with Gasteiger partial charge in [-0.3, -0.25) is 4.57 Å². The minimum absolute atomic E-state index is 0.0929. The molecule has 3 rings (SSSR count). The molecule has 2 N–H and O–H groups in total. The fourth-order valence-corrected chi connectivity index (χ4v) is 2.59. The molecule has 1 aromatic carbocycles. The number of aromatic nitrogens is 2. The number of H-pyrrole nitrogens is 1. The van der Waals surface area contributed by atoms with E-state index in [0.717, 1.165) is 18.8 Å². The minimum atomic E-state index is -0.0929. The topological polar surface area (TPSA) is 49.8 Å². The third-order valence-corrected chi connectivity index (χ3v) is 3.63. The summed E-state index contributed by atoms with van der Waals surface area (Å²) in [6.07, 6.45) is 5.80. The van der Waals surface area contributed by atoms with Crippen LogP contribution in [-0.2, 0) is 0 Å². The number of nitrogens with one attached hydrogen (secondary N) is 2. The van der Waals surface area contributed by atoms with Crippen LogP contribution in [0.4, 0.5) is 0 Å². The van der Waals surface area contributed by atoms with Gasteiger partial charge in [0.2, 0.25) is 0 Å². The lowest BCUT2D eigenvalue weighted by Gasteiger charge is -2.23. The molecule has 4 heteroatoms. The first-order chi connectivity index (χ1) is 8.84. The lowest BCUT2D eigenvalue weighted by atomic mass is 9.90. The molecule has 0 amide bonds. The van der Waals surface area contributed by atoms with Crippen LogP contribution in [0.3, 0.4) is 0 Å². The molecule has 18 heavy (non-hydrogen) atoms. The molecule has 0 atom stereocenters. The van der Waals surface area contributed by atoms with Crippen LogP contribution in [-0.4, -0.2) is 22.6 Å². The maximum absolute atomic E-state index is 11.5. The zero-order valence-corrected chi connectivity index (χ0v) is 10.2. The highest BCUT2D eigenvalue weighted by Crippen LogP contribution is 2.25. The van der Waals surface area contributed by atoms with Crippen LogP contribution in [0.2, 0.25) is 0 Å². The molecule has 0 radical (unpaired) electrons. The van der Waals surface area contributed by atoms with Gasteiger partial charge in [0.25, 0.3) is 0 Å². The Bertz CT molecular complexity index is 561. The van der Waals surface area contributed by atoms with Crippen LogP contribution in [0, 0.1) is 0 Å². The van der Waals surface area contributed by atoms with Gasteiger partial charge in [0.1, 0.15) is 0 Å². The van der Waals surface area contributed by atoms with Crippen molar-refractivity contribution < 1.29 is 0 Å². The van der Waals surface area contributed by atoms with Gasteiger partial charge in [-0.15, -0.1) is 0 Å². The third-order valence-electron chi connectivity index (χ3n) is 3.63. The molecule has 0 unspecified atom stereocenters. The number of rotatable bonds is 2. The van der Waals surface area contributed by atoms with Crippen molar-refractivity contribution in [2.24, 2.45) is 0 Å². The van der Waals surface area contributed by atoms with E-state index in [-0.39, 0.29) is 5.69 Å². The first kappa shape index (κ1) is 11.3. The van der Waals surface area contributed by atoms with Gasteiger partial charge < -0.3 is 10.3 Å². The molecule has 4 nitrogen and oxygen atoms in total. The van der Waals surface area contributed by atoms with Crippen molar-refractivity contribution >= 4 is 0 Å². The van der Waals surface area contributed by atoms with Gasteiger partial charge in [0.15, 0.2) is 0 Å². The normalized spacial score (nSPS) is 16.9. The highest BCUT2D eigenvalue weighted by Gasteiger charge is 2.14. The molecule has 0 aliphatic carbocycles. The van der Waals surface area contributed by atoms with E-state index >= 15 is 0 Å². The number of benzene rings is 1. The van der Waals surface area contributed by atoms with Crippen molar-refractivity contribution in [3.8, 4) is 5.69 Å². The first-order valence-electron chi connectivity index (χ1n) is 6.42. The predicted molar refractivity (Wildman–Crippen MR) is 71.2 cm³/mol. The van der Waals surface area contributed by atoms with Gasteiger partial charge in [-0.25, -0.2) is 4.79 Å².